The van der Waals surface area contributed by atoms with Crippen LogP contribution in [0.4, 0.5) is 0 Å². The van der Waals surface area contributed by atoms with Crippen LogP contribution in [0.25, 0.3) is 0 Å². The molecule has 0 aromatic rings. The van der Waals surface area contributed by atoms with Crippen molar-refractivity contribution in [1.29, 1.82) is 0 Å². The summed E-state index contributed by atoms with van der Waals surface area (Å²) in [7, 11) is -3.73. The summed E-state index contributed by atoms with van der Waals surface area (Å²) >= 11 is 0. The van der Waals surface area contributed by atoms with Gasteiger partial charge in [0, 0.05) is 5.92 Å². The molecule has 6 heteroatoms. The Balaban J connectivity index is 3.04. The minimum atomic E-state index is -1.94. The second kappa shape index (κ2) is 20.0. The van der Waals surface area contributed by atoms with E-state index in [1.54, 1.807) is 0 Å². The molecule has 4 nitrogen and oxygen atoms in total. The molecule has 47 heavy (non-hydrogen) atoms. The summed E-state index contributed by atoms with van der Waals surface area (Å²) in [4.78, 5) is 0. The fourth-order valence-electron chi connectivity index (χ4n) is 5.84. The van der Waals surface area contributed by atoms with Crippen molar-refractivity contribution in [2.75, 3.05) is 0 Å². The van der Waals surface area contributed by atoms with Gasteiger partial charge in [-0.15, -0.1) is 0 Å². The van der Waals surface area contributed by atoms with E-state index in [-0.39, 0.29) is 41.7 Å². The second-order valence-corrected chi connectivity index (χ2v) is 26.2. The monoisotopic (exact) mass is 689 g/mol. The summed E-state index contributed by atoms with van der Waals surface area (Å²) in [6.07, 6.45) is 22.3. The zero-order valence-electron chi connectivity index (χ0n) is 33.8. The van der Waals surface area contributed by atoms with Gasteiger partial charge in [0.2, 0.25) is 0 Å². The quantitative estimate of drug-likeness (QED) is 0.0769. The van der Waals surface area contributed by atoms with E-state index in [1.807, 2.05) is 19.9 Å². The molecule has 1 rings (SSSR count). The van der Waals surface area contributed by atoms with E-state index in [0.29, 0.717) is 17.8 Å². The van der Waals surface area contributed by atoms with Crippen LogP contribution in [0.3, 0.4) is 0 Å². The zero-order chi connectivity index (χ0) is 36.2. The first-order valence-corrected chi connectivity index (χ1v) is 25.0. The average Bonchev–Trinajstić information content (AvgIpc) is 2.94. The van der Waals surface area contributed by atoms with Crippen molar-refractivity contribution in [2.45, 2.75) is 177 Å². The highest BCUT2D eigenvalue weighted by Crippen LogP contribution is 2.41. The van der Waals surface area contributed by atoms with E-state index in [0.717, 1.165) is 25.7 Å². The number of hydrogen-bond donors (Lipinski definition) is 0. The van der Waals surface area contributed by atoms with Crippen molar-refractivity contribution in [1.82, 2.24) is 0 Å². The Labute approximate surface area is 294 Å². The van der Waals surface area contributed by atoms with Crippen molar-refractivity contribution >= 4 is 16.6 Å². The maximum absolute atomic E-state index is 7.18. The molecule has 0 saturated heterocycles. The molecule has 0 saturated carbocycles. The Morgan fingerprint density at radius 1 is 0.915 bits per heavy atom. The molecule has 0 aliphatic carbocycles. The Hall–Kier alpha value is -1.03. The van der Waals surface area contributed by atoms with Gasteiger partial charge in [-0.2, -0.15) is 0 Å². The van der Waals surface area contributed by atoms with Crippen LogP contribution in [-0.4, -0.2) is 47.3 Å². The van der Waals surface area contributed by atoms with Crippen LogP contribution in [0.15, 0.2) is 59.8 Å². The molecule has 1 aliphatic heterocycles. The highest BCUT2D eigenvalue weighted by Gasteiger charge is 2.43. The molecule has 0 N–H and O–H groups in total. The average molecular weight is 689 g/mol. The van der Waals surface area contributed by atoms with Crippen LogP contribution in [-0.2, 0) is 18.3 Å². The lowest BCUT2D eigenvalue weighted by Crippen LogP contribution is -2.51. The van der Waals surface area contributed by atoms with Gasteiger partial charge >= 0.3 is 0 Å². The van der Waals surface area contributed by atoms with Gasteiger partial charge in [-0.3, -0.25) is 0 Å². The predicted octanol–water partition coefficient (Wildman–Crippen LogP) is 12.4. The fraction of sp³-hybridized carbons (Fsp3) is 0.756. The number of hydrogen-bond acceptors (Lipinski definition) is 4. The summed E-state index contributed by atoms with van der Waals surface area (Å²) in [5.41, 5.74) is 2.65. The van der Waals surface area contributed by atoms with Crippen molar-refractivity contribution in [3.05, 3.63) is 59.8 Å². The normalized spacial score (nSPS) is 23.0. The zero-order valence-corrected chi connectivity index (χ0v) is 35.8. The first kappa shape index (κ1) is 44.0. The van der Waals surface area contributed by atoms with Gasteiger partial charge in [0.1, 0.15) is 0 Å². The van der Waals surface area contributed by atoms with Crippen LogP contribution < -0.4 is 0 Å². The van der Waals surface area contributed by atoms with Crippen LogP contribution in [0.1, 0.15) is 109 Å². The van der Waals surface area contributed by atoms with Crippen LogP contribution in [0, 0.1) is 23.7 Å². The number of rotatable bonds is 19. The molecule has 1 unspecified atom stereocenters. The number of ether oxygens (including phenoxy) is 2. The van der Waals surface area contributed by atoms with Crippen LogP contribution in [0.5, 0.6) is 0 Å². The summed E-state index contributed by atoms with van der Waals surface area (Å²) in [5.74, 6) is 1.51. The minimum Gasteiger partial charge on any atom is -0.414 e. The fourth-order valence-corrected chi connectivity index (χ4v) is 8.56. The second-order valence-electron chi connectivity index (χ2n) is 17.0. The molecule has 0 bridgehead atoms. The molecule has 0 aromatic heterocycles. The van der Waals surface area contributed by atoms with Crippen molar-refractivity contribution < 1.29 is 18.3 Å². The van der Waals surface area contributed by atoms with E-state index in [9.17, 15) is 0 Å². The van der Waals surface area contributed by atoms with Gasteiger partial charge in [-0.05, 0) is 102 Å². The van der Waals surface area contributed by atoms with E-state index in [2.05, 4.69) is 145 Å². The smallest absolute Gasteiger partial charge is 0.192 e. The summed E-state index contributed by atoms with van der Waals surface area (Å²) < 4.78 is 26.1. The van der Waals surface area contributed by atoms with E-state index in [1.165, 1.54) is 11.1 Å². The lowest BCUT2D eigenvalue weighted by molar-refractivity contribution is -0.154. The van der Waals surface area contributed by atoms with Gasteiger partial charge in [0.25, 0.3) is 0 Å². The van der Waals surface area contributed by atoms with Gasteiger partial charge in [0.15, 0.2) is 22.9 Å². The first-order valence-electron chi connectivity index (χ1n) is 18.7. The Bertz CT molecular complexity index is 1060. The summed E-state index contributed by atoms with van der Waals surface area (Å²) in [6, 6.07) is 0. The van der Waals surface area contributed by atoms with E-state index < -0.39 is 16.6 Å². The van der Waals surface area contributed by atoms with Gasteiger partial charge in [0.05, 0.1) is 24.4 Å². The highest BCUT2D eigenvalue weighted by molar-refractivity contribution is 6.74. The van der Waals surface area contributed by atoms with Crippen molar-refractivity contribution in [3.8, 4) is 0 Å². The molecule has 0 radical (unpaired) electrons. The molecular formula is C41H76O4Si2. The molecule has 0 aromatic carbocycles. The molecule has 1 aliphatic rings. The molecule has 8 atom stereocenters. The molecule has 0 fully saturated rings. The van der Waals surface area contributed by atoms with Gasteiger partial charge < -0.3 is 18.3 Å². The third-order valence-corrected chi connectivity index (χ3v) is 15.2. The third kappa shape index (κ3) is 16.5. The minimum absolute atomic E-state index is 0.0548. The molecule has 272 valence electrons. The van der Waals surface area contributed by atoms with Gasteiger partial charge in [-0.25, -0.2) is 0 Å². The van der Waals surface area contributed by atoms with E-state index >= 15 is 0 Å². The predicted molar refractivity (Wildman–Crippen MR) is 211 cm³/mol. The standard InChI is InChI=1S/C41H76O4Si2/c1-18-33(7)39(45-47(16,17)41(10,11)12)35(9)40(44-46(13,14)15)34(8)28-31(5)22-20-23-32(6)29-36(19-2)26-27-37-24-21-25-38(43-37)42-30(3)4/h20-22,25-30,32-35,37-40H,18-19,23-24H2,1-17H3/b22-20+,27-26+,31-28+,36-29-/t32-,33+,34-,35+,37-,38?,39-,40+/m1/s1. The van der Waals surface area contributed by atoms with Crippen LogP contribution in [0.2, 0.25) is 37.8 Å². The van der Waals surface area contributed by atoms with Gasteiger partial charge in [-0.1, -0.05) is 122 Å². The maximum atomic E-state index is 7.18. The largest absolute Gasteiger partial charge is 0.414 e. The van der Waals surface area contributed by atoms with Crippen molar-refractivity contribution in [3.63, 3.8) is 0 Å². The molecular weight excluding hydrogens is 613 g/mol. The number of allylic oxidation sites excluding steroid dienone is 6. The molecule has 1 heterocycles. The lowest BCUT2D eigenvalue weighted by Gasteiger charge is -2.46. The topological polar surface area (TPSA) is 36.9 Å². The Morgan fingerprint density at radius 2 is 1.55 bits per heavy atom. The third-order valence-electron chi connectivity index (χ3n) is 9.71. The summed E-state index contributed by atoms with van der Waals surface area (Å²) in [5, 5.41) is 0.175. The SMILES string of the molecule is CCC(=C/[C@H](C)C/C=C/C(C)=C/[C@@H](C)[C@H](O[Si](C)(C)C)[C@@H](C)[C@H](O[Si](C)(C)C(C)(C)C)[C@@H](C)CC)/C=C/[C@H]1CC=CC(OC(C)C)O1. The summed E-state index contributed by atoms with van der Waals surface area (Å²) in [6.45, 7) is 39.0. The van der Waals surface area contributed by atoms with Crippen LogP contribution >= 0.6 is 0 Å². The maximum Gasteiger partial charge on any atom is 0.192 e. The first-order chi connectivity index (χ1) is 21.6. The Kier molecular flexibility index (Phi) is 18.7. The lowest BCUT2D eigenvalue weighted by atomic mass is 9.83. The van der Waals surface area contributed by atoms with Crippen molar-refractivity contribution in [2.24, 2.45) is 23.7 Å². The Morgan fingerprint density at radius 3 is 2.09 bits per heavy atom. The van der Waals surface area contributed by atoms with E-state index in [4.69, 9.17) is 18.3 Å². The molecule has 0 spiro atoms. The highest BCUT2D eigenvalue weighted by atomic mass is 28.4. The molecule has 0 amide bonds.